The summed E-state index contributed by atoms with van der Waals surface area (Å²) in [6, 6.07) is 0. The molecule has 12 heteroatoms. The van der Waals surface area contributed by atoms with Crippen LogP contribution in [0.3, 0.4) is 0 Å². The van der Waals surface area contributed by atoms with Crippen molar-refractivity contribution in [1.29, 1.82) is 0 Å². The molecule has 0 bridgehead atoms. The van der Waals surface area contributed by atoms with Crippen molar-refractivity contribution in [2.24, 2.45) is 0 Å². The molecule has 0 aliphatic heterocycles. The van der Waals surface area contributed by atoms with Gasteiger partial charge in [0.25, 0.3) is 0 Å². The Morgan fingerprint density at radius 1 is 0.333 bits per heavy atom. The van der Waals surface area contributed by atoms with Crippen molar-refractivity contribution in [2.45, 2.75) is 0 Å². The largest absolute Gasteiger partial charge is 0 e. The SMILES string of the molecule is O=[C]=[Fe](=[C]=O)(=[C]=O)(=[C]=O)(=[C]=O)(=[C]=O)(=[C]=O)(=[C]=O)=[C]=O.[Fe].[Fe]. The van der Waals surface area contributed by atoms with Gasteiger partial charge < -0.3 is 0 Å². The van der Waals surface area contributed by atoms with Crippen LogP contribution in [0.5, 0.6) is 0 Å². The maximum Gasteiger partial charge on any atom is 0 e. The molecule has 0 rings (SSSR count). The van der Waals surface area contributed by atoms with Gasteiger partial charge in [0.1, 0.15) is 0 Å². The fourth-order valence-electron chi connectivity index (χ4n) is 0.530. The van der Waals surface area contributed by atoms with Gasteiger partial charge >= 0.3 is 89.9 Å². The summed E-state index contributed by atoms with van der Waals surface area (Å²) >= 11 is 0. The Hall–Kier alpha value is -2.22. The minimum absolute atomic E-state index is 0. The molecule has 0 radical (unpaired) electrons. The summed E-state index contributed by atoms with van der Waals surface area (Å²) < 4.78 is -11.2. The van der Waals surface area contributed by atoms with Gasteiger partial charge in [-0.3, -0.25) is 0 Å². The van der Waals surface area contributed by atoms with Crippen molar-refractivity contribution in [3.63, 3.8) is 0 Å². The van der Waals surface area contributed by atoms with Crippen LogP contribution < -0.4 is 0 Å². The van der Waals surface area contributed by atoms with E-state index in [1.807, 2.05) is 0 Å². The molecule has 0 heterocycles. The van der Waals surface area contributed by atoms with E-state index in [0.29, 0.717) is 0 Å². The van der Waals surface area contributed by atoms with Gasteiger partial charge in [0, 0.05) is 34.1 Å². The van der Waals surface area contributed by atoms with E-state index in [1.165, 1.54) is 0 Å². The van der Waals surface area contributed by atoms with Crippen LogP contribution in [0.2, 0.25) is 0 Å². The van der Waals surface area contributed by atoms with E-state index in [9.17, 15) is 43.2 Å². The van der Waals surface area contributed by atoms with Gasteiger partial charge in [0.05, 0.1) is 0 Å². The maximum absolute atomic E-state index is 11.2. The zero-order chi connectivity index (χ0) is 15.7. The summed E-state index contributed by atoms with van der Waals surface area (Å²) in [7, 11) is 0. The van der Waals surface area contributed by atoms with Gasteiger partial charge in [0.15, 0.2) is 0 Å². The molecule has 0 aromatic rings. The van der Waals surface area contributed by atoms with E-state index in [2.05, 4.69) is 0 Å². The van der Waals surface area contributed by atoms with Crippen molar-refractivity contribution in [1.82, 2.24) is 0 Å². The van der Waals surface area contributed by atoms with Crippen LogP contribution in [0.4, 0.5) is 0 Å². The molecule has 0 amide bonds. The van der Waals surface area contributed by atoms with Crippen LogP contribution in [0.15, 0.2) is 0 Å². The van der Waals surface area contributed by atoms with E-state index < -0.39 is 3.63 Å². The summed E-state index contributed by atoms with van der Waals surface area (Å²) in [6.07, 6.45) is 0. The van der Waals surface area contributed by atoms with E-state index in [0.717, 1.165) is 0 Å². The number of carbonyl (C=O) groups excluding carboxylic acids is 9. The molecule has 0 N–H and O–H groups in total. The first-order valence-corrected chi connectivity index (χ1v) is 8.40. The van der Waals surface area contributed by atoms with E-state index >= 15 is 0 Å². The van der Waals surface area contributed by atoms with Gasteiger partial charge in [-0.05, 0) is 0 Å². The molecule has 0 atom stereocenters. The first-order valence-electron chi connectivity index (χ1n) is 3.43. The number of hydrogen-bond acceptors (Lipinski definition) is 9. The molecule has 0 aromatic carbocycles. The van der Waals surface area contributed by atoms with Crippen LogP contribution in [-0.4, -0.2) is 43.1 Å². The molecule has 0 unspecified atom stereocenters. The molecule has 0 spiro atoms. The summed E-state index contributed by atoms with van der Waals surface area (Å²) in [5.41, 5.74) is 0. The maximum atomic E-state index is 11.1. The predicted octanol–water partition coefficient (Wildman–Crippen LogP) is -3.58. The van der Waals surface area contributed by atoms with E-state index in [4.69, 9.17) is 0 Å². The minimum Gasteiger partial charge on any atom is 0 e. The van der Waals surface area contributed by atoms with Crippen molar-refractivity contribution in [2.75, 3.05) is 0 Å². The molecule has 0 fully saturated rings. The van der Waals surface area contributed by atoms with Gasteiger partial charge in [-0.15, -0.1) is 0 Å². The van der Waals surface area contributed by atoms with Crippen LogP contribution in [-0.2, 0) is 80.9 Å². The van der Waals surface area contributed by atoms with Crippen LogP contribution >= 0.6 is 0 Å². The molecule has 0 aliphatic rings. The van der Waals surface area contributed by atoms with E-state index in [-0.39, 0.29) is 77.2 Å². The molecule has 21 heavy (non-hydrogen) atoms. The zero-order valence-corrected chi connectivity index (χ0v) is 12.5. The second-order valence-corrected chi connectivity index (χ2v) is 15.8. The minimum atomic E-state index is -11.2. The molecule has 9 nitrogen and oxygen atoms in total. The molecule has 0 saturated carbocycles. The van der Waals surface area contributed by atoms with Gasteiger partial charge in [-0.25, -0.2) is 0 Å². The second kappa shape index (κ2) is 2.73. The third-order valence-electron chi connectivity index (χ3n) is 2.60. The Bertz CT molecular complexity index is 1780. The first-order chi connectivity index (χ1) is 8.49. The van der Waals surface area contributed by atoms with Crippen LogP contribution in [0.1, 0.15) is 0 Å². The standard InChI is InChI=1S/9CO.3Fe/c9*1-2;;;. The quantitative estimate of drug-likeness (QED) is 0.362. The Balaban J connectivity index is -0.00000162. The Labute approximate surface area is 123 Å². The molecule has 0 aliphatic carbocycles. The van der Waals surface area contributed by atoms with E-state index in [1.54, 1.807) is 0 Å². The van der Waals surface area contributed by atoms with Crippen molar-refractivity contribution in [3.05, 3.63) is 0 Å². The van der Waals surface area contributed by atoms with Gasteiger partial charge in [0.2, 0.25) is 0 Å². The molecule has 114 valence electrons. The number of rotatable bonds is 0. The van der Waals surface area contributed by atoms with Crippen LogP contribution in [0, 0.1) is 0 Å². The average molecular weight is 420 g/mol. The Morgan fingerprint density at radius 3 is 0.429 bits per heavy atom. The Kier molecular flexibility index (Phi) is 3.10. The molecule has 0 saturated heterocycles. The average Bonchev–Trinajstić information content (AvgIpc) is 2.57. The first kappa shape index (κ1) is 23.8. The van der Waals surface area contributed by atoms with Gasteiger partial charge in [-0.2, -0.15) is 0 Å². The smallest absolute Gasteiger partial charge is 0 e. The molecular formula is C9Fe3O9. The Morgan fingerprint density at radius 2 is 0.429 bits per heavy atom. The normalized spacial score (nSPS) is 14.1. The third kappa shape index (κ3) is 0.909. The molecule has 0 aromatic heterocycles. The van der Waals surface area contributed by atoms with Gasteiger partial charge in [-0.1, -0.05) is 0 Å². The summed E-state index contributed by atoms with van der Waals surface area (Å²) in [4.78, 5) is 97.0. The fraction of sp³-hybridized carbons (Fsp3) is 0. The summed E-state index contributed by atoms with van der Waals surface area (Å²) in [6.45, 7) is 0. The second-order valence-electron chi connectivity index (χ2n) is 3.83. The number of hydrogen-bond donors (Lipinski definition) is 0. The monoisotopic (exact) mass is 420 g/mol. The fourth-order valence-corrected chi connectivity index (χ4v) is 2.19. The third-order valence-corrected chi connectivity index (χ3v) is 10.7. The zero-order valence-electron chi connectivity index (χ0n) is 9.23. The summed E-state index contributed by atoms with van der Waals surface area (Å²) in [5.74, 6) is 0. The van der Waals surface area contributed by atoms with Crippen molar-refractivity contribution >= 4 is 43.1 Å². The predicted molar refractivity (Wildman–Crippen MR) is 51.2 cm³/mol. The van der Waals surface area contributed by atoms with Crippen molar-refractivity contribution < 1.29 is 80.9 Å². The summed E-state index contributed by atoms with van der Waals surface area (Å²) in [5, 5.41) is 0. The van der Waals surface area contributed by atoms with Crippen LogP contribution in [0.25, 0.3) is 0 Å². The van der Waals surface area contributed by atoms with Crippen molar-refractivity contribution in [3.8, 4) is 0 Å². The molecular weight excluding hydrogens is 420 g/mol. The topological polar surface area (TPSA) is 154 Å².